The number of benzene rings is 1. The van der Waals surface area contributed by atoms with Crippen LogP contribution in [0.3, 0.4) is 0 Å². The first-order valence-corrected chi connectivity index (χ1v) is 5.73. The van der Waals surface area contributed by atoms with Gasteiger partial charge in [-0.15, -0.1) is 0 Å². The summed E-state index contributed by atoms with van der Waals surface area (Å²) < 4.78 is 4.91. The van der Waals surface area contributed by atoms with E-state index in [0.29, 0.717) is 6.61 Å². The summed E-state index contributed by atoms with van der Waals surface area (Å²) in [5, 5.41) is 0. The second-order valence-corrected chi connectivity index (χ2v) is 4.43. The number of carbonyl (C=O) groups excluding carboxylic acids is 2. The molecule has 0 unspecified atom stereocenters. The Hall–Kier alpha value is -1.64. The van der Waals surface area contributed by atoms with Gasteiger partial charge in [-0.1, -0.05) is 30.3 Å². The van der Waals surface area contributed by atoms with Gasteiger partial charge in [0, 0.05) is 6.42 Å². The molecule has 3 heteroatoms. The van der Waals surface area contributed by atoms with Crippen molar-refractivity contribution in [1.82, 2.24) is 0 Å². The molecule has 17 heavy (non-hydrogen) atoms. The van der Waals surface area contributed by atoms with Crippen molar-refractivity contribution >= 4 is 11.8 Å². The average Bonchev–Trinajstić information content (AvgIpc) is 2.30. The number of ether oxygens (including phenoxy) is 1. The molecule has 0 aromatic heterocycles. The number of rotatable bonds is 5. The molecule has 1 aromatic rings. The molecular weight excluding hydrogens is 216 g/mol. The zero-order valence-electron chi connectivity index (χ0n) is 10.5. The Labute approximate surface area is 102 Å². The number of carbonyl (C=O) groups is 2. The highest BCUT2D eigenvalue weighted by atomic mass is 16.5. The van der Waals surface area contributed by atoms with Crippen LogP contribution < -0.4 is 0 Å². The van der Waals surface area contributed by atoms with Crippen LogP contribution in [-0.4, -0.2) is 18.4 Å². The first kappa shape index (κ1) is 13.4. The molecule has 0 aliphatic carbocycles. The lowest BCUT2D eigenvalue weighted by molar-refractivity contribution is -0.157. The summed E-state index contributed by atoms with van der Waals surface area (Å²) in [5.41, 5.74) is -0.166. The van der Waals surface area contributed by atoms with E-state index >= 15 is 0 Å². The van der Waals surface area contributed by atoms with E-state index in [1.807, 2.05) is 30.3 Å². The molecular formula is C14H18O3. The summed E-state index contributed by atoms with van der Waals surface area (Å²) in [5.74, 6) is -0.580. The van der Waals surface area contributed by atoms with Crippen molar-refractivity contribution < 1.29 is 14.3 Å². The van der Waals surface area contributed by atoms with Crippen molar-refractivity contribution in [3.05, 3.63) is 35.9 Å². The largest absolute Gasteiger partial charge is 0.465 e. The molecule has 0 N–H and O–H groups in total. The van der Waals surface area contributed by atoms with Crippen molar-refractivity contribution in [3.8, 4) is 0 Å². The second kappa shape index (κ2) is 5.62. The maximum atomic E-state index is 12.0. The van der Waals surface area contributed by atoms with Gasteiger partial charge in [-0.25, -0.2) is 0 Å². The highest BCUT2D eigenvalue weighted by Crippen LogP contribution is 2.21. The van der Waals surface area contributed by atoms with E-state index in [1.54, 1.807) is 20.8 Å². The number of hydrogen-bond acceptors (Lipinski definition) is 3. The Bertz CT molecular complexity index is 393. The van der Waals surface area contributed by atoms with E-state index in [-0.39, 0.29) is 12.2 Å². The van der Waals surface area contributed by atoms with E-state index in [4.69, 9.17) is 4.74 Å². The lowest BCUT2D eigenvalue weighted by Crippen LogP contribution is -2.36. The Morgan fingerprint density at radius 1 is 1.18 bits per heavy atom. The fourth-order valence-electron chi connectivity index (χ4n) is 1.43. The predicted octanol–water partition coefficient (Wildman–Crippen LogP) is 2.39. The molecule has 0 aliphatic rings. The molecule has 0 saturated carbocycles. The van der Waals surface area contributed by atoms with E-state index in [0.717, 1.165) is 5.56 Å². The first-order valence-electron chi connectivity index (χ1n) is 5.73. The molecule has 3 nitrogen and oxygen atoms in total. The standard InChI is InChI=1S/C14H18O3/c1-4-17-13(16)14(2,3)12(15)10-11-8-6-5-7-9-11/h5-9H,4,10H2,1-3H3. The maximum Gasteiger partial charge on any atom is 0.319 e. The van der Waals surface area contributed by atoms with Gasteiger partial charge in [-0.3, -0.25) is 9.59 Å². The van der Waals surface area contributed by atoms with Crippen LogP contribution >= 0.6 is 0 Å². The Kier molecular flexibility index (Phi) is 4.44. The summed E-state index contributed by atoms with van der Waals surface area (Å²) >= 11 is 0. The van der Waals surface area contributed by atoms with Crippen LogP contribution in [0.5, 0.6) is 0 Å². The summed E-state index contributed by atoms with van der Waals surface area (Å²) in [6, 6.07) is 9.39. The van der Waals surface area contributed by atoms with E-state index < -0.39 is 11.4 Å². The van der Waals surface area contributed by atoms with Crippen LogP contribution in [0.25, 0.3) is 0 Å². The minimum atomic E-state index is -1.08. The van der Waals surface area contributed by atoms with Gasteiger partial charge in [0.25, 0.3) is 0 Å². The Morgan fingerprint density at radius 3 is 2.29 bits per heavy atom. The van der Waals surface area contributed by atoms with Gasteiger partial charge >= 0.3 is 5.97 Å². The molecule has 0 fully saturated rings. The topological polar surface area (TPSA) is 43.4 Å². The number of esters is 1. The van der Waals surface area contributed by atoms with Crippen LogP contribution in [-0.2, 0) is 20.7 Å². The van der Waals surface area contributed by atoms with Gasteiger partial charge in [0.2, 0.25) is 0 Å². The smallest absolute Gasteiger partial charge is 0.319 e. The molecule has 0 atom stereocenters. The molecule has 0 bridgehead atoms. The zero-order valence-corrected chi connectivity index (χ0v) is 10.5. The van der Waals surface area contributed by atoms with E-state index in [1.165, 1.54) is 0 Å². The third-order valence-corrected chi connectivity index (χ3v) is 2.69. The van der Waals surface area contributed by atoms with Crippen molar-refractivity contribution in [2.75, 3.05) is 6.61 Å². The molecule has 0 radical (unpaired) electrons. The normalized spacial score (nSPS) is 11.0. The maximum absolute atomic E-state index is 12.0. The molecule has 0 amide bonds. The summed E-state index contributed by atoms with van der Waals surface area (Å²) in [7, 11) is 0. The molecule has 1 rings (SSSR count). The van der Waals surface area contributed by atoms with E-state index in [9.17, 15) is 9.59 Å². The summed E-state index contributed by atoms with van der Waals surface area (Å²) in [4.78, 5) is 23.7. The number of Topliss-reactive ketones (excluding diaryl/α,β-unsaturated/α-hetero) is 1. The fourth-order valence-corrected chi connectivity index (χ4v) is 1.43. The molecule has 1 aromatic carbocycles. The number of ketones is 1. The lowest BCUT2D eigenvalue weighted by Gasteiger charge is -2.20. The Morgan fingerprint density at radius 2 is 1.76 bits per heavy atom. The highest BCUT2D eigenvalue weighted by molar-refractivity contribution is 6.03. The lowest BCUT2D eigenvalue weighted by atomic mass is 9.85. The first-order chi connectivity index (χ1) is 7.98. The van der Waals surface area contributed by atoms with E-state index in [2.05, 4.69) is 0 Å². The van der Waals surface area contributed by atoms with Crippen molar-refractivity contribution in [3.63, 3.8) is 0 Å². The minimum absolute atomic E-state index is 0.123. The van der Waals surface area contributed by atoms with Gasteiger partial charge < -0.3 is 4.74 Å². The molecule has 0 saturated heterocycles. The second-order valence-electron chi connectivity index (χ2n) is 4.43. The van der Waals surface area contributed by atoms with Crippen molar-refractivity contribution in [1.29, 1.82) is 0 Å². The predicted molar refractivity (Wildman–Crippen MR) is 65.6 cm³/mol. The van der Waals surface area contributed by atoms with Crippen LogP contribution in [0.1, 0.15) is 26.3 Å². The molecule has 0 spiro atoms. The summed E-state index contributed by atoms with van der Waals surface area (Å²) in [6.45, 7) is 5.24. The monoisotopic (exact) mass is 234 g/mol. The van der Waals surface area contributed by atoms with Crippen molar-refractivity contribution in [2.45, 2.75) is 27.2 Å². The highest BCUT2D eigenvalue weighted by Gasteiger charge is 2.36. The summed E-state index contributed by atoms with van der Waals surface area (Å²) in [6.07, 6.45) is 0.257. The zero-order chi connectivity index (χ0) is 12.9. The van der Waals surface area contributed by atoms with Gasteiger partial charge in [-0.05, 0) is 26.3 Å². The molecule has 0 aliphatic heterocycles. The molecule has 0 heterocycles. The third kappa shape index (κ3) is 3.41. The Balaban J connectivity index is 2.73. The van der Waals surface area contributed by atoms with Crippen LogP contribution in [0.2, 0.25) is 0 Å². The quantitative estimate of drug-likeness (QED) is 0.580. The number of hydrogen-bond donors (Lipinski definition) is 0. The van der Waals surface area contributed by atoms with Gasteiger partial charge in [0.05, 0.1) is 6.61 Å². The van der Waals surface area contributed by atoms with Crippen LogP contribution in [0, 0.1) is 5.41 Å². The fraction of sp³-hybridized carbons (Fsp3) is 0.429. The van der Waals surface area contributed by atoms with Crippen molar-refractivity contribution in [2.24, 2.45) is 5.41 Å². The van der Waals surface area contributed by atoms with Gasteiger partial charge in [-0.2, -0.15) is 0 Å². The van der Waals surface area contributed by atoms with Gasteiger partial charge in [0.15, 0.2) is 5.78 Å². The molecule has 92 valence electrons. The average molecular weight is 234 g/mol. The van der Waals surface area contributed by atoms with Crippen LogP contribution in [0.4, 0.5) is 0 Å². The van der Waals surface area contributed by atoms with Gasteiger partial charge in [0.1, 0.15) is 5.41 Å². The van der Waals surface area contributed by atoms with Crippen LogP contribution in [0.15, 0.2) is 30.3 Å². The minimum Gasteiger partial charge on any atom is -0.465 e. The third-order valence-electron chi connectivity index (χ3n) is 2.69. The SMILES string of the molecule is CCOC(=O)C(C)(C)C(=O)Cc1ccccc1.